The first-order chi connectivity index (χ1) is 19.7. The van der Waals surface area contributed by atoms with Gasteiger partial charge in [0.15, 0.2) is 0 Å². The predicted molar refractivity (Wildman–Crippen MR) is 166 cm³/mol. The van der Waals surface area contributed by atoms with Crippen molar-refractivity contribution in [3.05, 3.63) is 128 Å². The van der Waals surface area contributed by atoms with Crippen LogP contribution in [0.3, 0.4) is 0 Å². The maximum atomic E-state index is 6.80. The van der Waals surface area contributed by atoms with Crippen LogP contribution in [-0.2, 0) is 11.3 Å². The van der Waals surface area contributed by atoms with E-state index in [-0.39, 0.29) is 6.10 Å². The van der Waals surface area contributed by atoms with Crippen LogP contribution in [-0.4, -0.2) is 35.2 Å². The van der Waals surface area contributed by atoms with Gasteiger partial charge in [0.05, 0.1) is 25.2 Å². The zero-order valence-electron chi connectivity index (χ0n) is 23.1. The first-order valence-electron chi connectivity index (χ1n) is 14.6. The Hall–Kier alpha value is -3.79. The Morgan fingerprint density at radius 1 is 0.900 bits per heavy atom. The third kappa shape index (κ3) is 4.16. The van der Waals surface area contributed by atoms with E-state index in [1.807, 2.05) is 12.3 Å². The summed E-state index contributed by atoms with van der Waals surface area (Å²) in [6.07, 6.45) is 8.41. The molecule has 0 radical (unpaired) electrons. The van der Waals surface area contributed by atoms with Gasteiger partial charge in [0, 0.05) is 35.9 Å². The number of para-hydroxylation sites is 1. The maximum Gasteiger partial charge on any atom is 0.135 e. The standard InChI is InChI=1S/C37H37N2O/c1-3-21-40-37(33-17-19-38-35-16-10-9-15-32(33)35)36-23-27-18-20-39(36,24-26(27)4-2)25-34-30-13-7-5-11-28(30)22-29-12-6-8-14-31(29)34/h3-17,19,22,26-27,36-37H,1-2,18,20-21,23-25H2/q+1/t26-,27-,36+,37-,39-/m1/s1. The lowest BCUT2D eigenvalue weighted by molar-refractivity contribution is -0.984. The molecule has 2 bridgehead atoms. The molecule has 0 N–H and O–H groups in total. The highest BCUT2D eigenvalue weighted by Gasteiger charge is 2.54. The van der Waals surface area contributed by atoms with Crippen molar-refractivity contribution in [3.63, 3.8) is 0 Å². The van der Waals surface area contributed by atoms with Crippen molar-refractivity contribution in [3.8, 4) is 0 Å². The topological polar surface area (TPSA) is 22.1 Å². The molecule has 200 valence electrons. The van der Waals surface area contributed by atoms with Crippen LogP contribution in [0.5, 0.6) is 0 Å². The molecule has 1 aromatic heterocycles. The van der Waals surface area contributed by atoms with Gasteiger partial charge in [-0.15, -0.1) is 13.2 Å². The van der Waals surface area contributed by atoms with Gasteiger partial charge in [0.2, 0.25) is 0 Å². The average molecular weight is 526 g/mol. The van der Waals surface area contributed by atoms with Crippen molar-refractivity contribution in [2.45, 2.75) is 31.5 Å². The van der Waals surface area contributed by atoms with Crippen LogP contribution < -0.4 is 0 Å². The van der Waals surface area contributed by atoms with E-state index in [4.69, 9.17) is 4.74 Å². The highest BCUT2D eigenvalue weighted by atomic mass is 16.5. The van der Waals surface area contributed by atoms with Crippen LogP contribution in [0.25, 0.3) is 32.4 Å². The second kappa shape index (κ2) is 10.3. The summed E-state index contributed by atoms with van der Waals surface area (Å²) in [5.74, 6) is 1.18. The Labute approximate surface area is 237 Å². The highest BCUT2D eigenvalue weighted by molar-refractivity contribution is 6.02. The lowest BCUT2D eigenvalue weighted by Gasteiger charge is -2.58. The van der Waals surface area contributed by atoms with Crippen LogP contribution in [0.1, 0.15) is 30.1 Å². The summed E-state index contributed by atoms with van der Waals surface area (Å²) >= 11 is 0. The van der Waals surface area contributed by atoms with Gasteiger partial charge in [-0.05, 0) is 51.2 Å². The van der Waals surface area contributed by atoms with Gasteiger partial charge in [-0.2, -0.15) is 0 Å². The SMILES string of the molecule is C=CCO[C@H](c1ccnc2ccccc12)[C@@H]1C[C@H]2CC[N@+]1(Cc1c3ccccc3cc3ccccc13)C[C@H]2C=C. The first kappa shape index (κ1) is 25.2. The lowest BCUT2D eigenvalue weighted by atomic mass is 9.70. The minimum Gasteiger partial charge on any atom is -0.363 e. The van der Waals surface area contributed by atoms with Gasteiger partial charge in [-0.1, -0.05) is 78.9 Å². The second-order valence-corrected chi connectivity index (χ2v) is 11.8. The normalized spacial score (nSPS) is 24.9. The zero-order chi connectivity index (χ0) is 27.1. The summed E-state index contributed by atoms with van der Waals surface area (Å²) in [6.45, 7) is 12.1. The largest absolute Gasteiger partial charge is 0.363 e. The summed E-state index contributed by atoms with van der Waals surface area (Å²) in [5, 5.41) is 6.56. The molecule has 0 aliphatic carbocycles. The summed E-state index contributed by atoms with van der Waals surface area (Å²) in [6, 6.07) is 31.2. The lowest BCUT2D eigenvalue weighted by Crippen LogP contribution is -2.67. The van der Waals surface area contributed by atoms with Gasteiger partial charge in [0.1, 0.15) is 18.7 Å². The molecule has 4 aromatic carbocycles. The Bertz CT molecular complexity index is 1670. The number of nitrogens with zero attached hydrogens (tertiary/aromatic N) is 2. The molecule has 40 heavy (non-hydrogen) atoms. The van der Waals surface area contributed by atoms with Crippen LogP contribution in [0.4, 0.5) is 0 Å². The number of ether oxygens (including phenoxy) is 1. The average Bonchev–Trinajstić information content (AvgIpc) is 3.01. The zero-order valence-corrected chi connectivity index (χ0v) is 23.1. The molecule has 3 fully saturated rings. The molecule has 3 saturated heterocycles. The molecule has 3 aliphatic rings. The fraction of sp³-hybridized carbons (Fsp3) is 0.270. The quantitative estimate of drug-likeness (QED) is 0.115. The van der Waals surface area contributed by atoms with Crippen molar-refractivity contribution in [1.29, 1.82) is 0 Å². The van der Waals surface area contributed by atoms with E-state index in [0.29, 0.717) is 24.5 Å². The van der Waals surface area contributed by atoms with Crippen molar-refractivity contribution >= 4 is 32.4 Å². The predicted octanol–water partition coefficient (Wildman–Crippen LogP) is 8.40. The maximum absolute atomic E-state index is 6.80. The van der Waals surface area contributed by atoms with Gasteiger partial charge in [-0.25, -0.2) is 0 Å². The number of aromatic nitrogens is 1. The first-order valence-corrected chi connectivity index (χ1v) is 14.6. The Morgan fingerprint density at radius 2 is 1.60 bits per heavy atom. The summed E-state index contributed by atoms with van der Waals surface area (Å²) in [5.41, 5.74) is 3.74. The minimum atomic E-state index is -0.0410. The Kier molecular flexibility index (Phi) is 6.50. The smallest absolute Gasteiger partial charge is 0.135 e. The number of rotatable bonds is 8. The number of quaternary nitrogens is 1. The van der Waals surface area contributed by atoms with E-state index in [9.17, 15) is 0 Å². The molecule has 0 spiro atoms. The molecule has 3 heteroatoms. The third-order valence-electron chi connectivity index (χ3n) is 9.76. The minimum absolute atomic E-state index is 0.0410. The number of hydrogen-bond donors (Lipinski definition) is 0. The molecule has 3 nitrogen and oxygen atoms in total. The van der Waals surface area contributed by atoms with Crippen LogP contribution in [0, 0.1) is 11.8 Å². The highest BCUT2D eigenvalue weighted by Crippen LogP contribution is 2.50. The second-order valence-electron chi connectivity index (χ2n) is 11.8. The van der Waals surface area contributed by atoms with E-state index in [2.05, 4.69) is 109 Å². The number of pyridine rings is 1. The van der Waals surface area contributed by atoms with Crippen LogP contribution in [0.15, 0.2) is 116 Å². The van der Waals surface area contributed by atoms with Crippen molar-refractivity contribution in [2.24, 2.45) is 11.8 Å². The Balaban J connectivity index is 1.41. The summed E-state index contributed by atoms with van der Waals surface area (Å²) in [7, 11) is 0. The van der Waals surface area contributed by atoms with Crippen LogP contribution in [0.2, 0.25) is 0 Å². The fourth-order valence-corrected chi connectivity index (χ4v) is 7.90. The monoisotopic (exact) mass is 525 g/mol. The van der Waals surface area contributed by atoms with Gasteiger partial charge in [-0.3, -0.25) is 4.98 Å². The molecular weight excluding hydrogens is 488 g/mol. The molecule has 3 aliphatic heterocycles. The third-order valence-corrected chi connectivity index (χ3v) is 9.76. The number of piperidine rings is 3. The van der Waals surface area contributed by atoms with E-state index in [0.717, 1.165) is 36.1 Å². The van der Waals surface area contributed by atoms with Crippen molar-refractivity contribution < 1.29 is 9.22 Å². The van der Waals surface area contributed by atoms with Gasteiger partial charge < -0.3 is 9.22 Å². The molecule has 4 heterocycles. The van der Waals surface area contributed by atoms with E-state index >= 15 is 0 Å². The molecule has 5 aromatic rings. The van der Waals surface area contributed by atoms with E-state index in [1.54, 1.807) is 0 Å². The molecule has 8 rings (SSSR count). The summed E-state index contributed by atoms with van der Waals surface area (Å²) in [4.78, 5) is 4.68. The van der Waals surface area contributed by atoms with Crippen molar-refractivity contribution in [2.75, 3.05) is 19.7 Å². The van der Waals surface area contributed by atoms with Gasteiger partial charge >= 0.3 is 0 Å². The molecule has 5 atom stereocenters. The molecule has 0 unspecified atom stereocenters. The number of fused-ring (bicyclic) bond motifs is 6. The van der Waals surface area contributed by atoms with Crippen LogP contribution >= 0.6 is 0 Å². The van der Waals surface area contributed by atoms with E-state index < -0.39 is 0 Å². The number of benzene rings is 4. The van der Waals surface area contributed by atoms with Crippen molar-refractivity contribution in [1.82, 2.24) is 4.98 Å². The van der Waals surface area contributed by atoms with Gasteiger partial charge in [0.25, 0.3) is 0 Å². The molecule has 0 amide bonds. The molecule has 0 saturated carbocycles. The van der Waals surface area contributed by atoms with E-state index in [1.165, 1.54) is 44.5 Å². The Morgan fingerprint density at radius 3 is 2.33 bits per heavy atom. The molecular formula is C37H37N2O+. The number of hydrogen-bond acceptors (Lipinski definition) is 2. The fourth-order valence-electron chi connectivity index (χ4n) is 7.90. The summed E-state index contributed by atoms with van der Waals surface area (Å²) < 4.78 is 7.81.